The molecule has 4 heteroatoms. The maximum atomic E-state index is 11.8. The number of pyridine rings is 1. The van der Waals surface area contributed by atoms with Crippen LogP contribution >= 0.6 is 0 Å². The van der Waals surface area contributed by atoms with Crippen LogP contribution in [0.4, 0.5) is 0 Å². The van der Waals surface area contributed by atoms with Crippen LogP contribution in [-0.2, 0) is 0 Å². The SMILES string of the molecule is COc1ccc(-c2c(O)c(=O)[nH]c3ccccc23)cc1. The molecule has 3 rings (SSSR count). The van der Waals surface area contributed by atoms with Crippen LogP contribution in [-0.4, -0.2) is 17.2 Å². The average molecular weight is 267 g/mol. The van der Waals surface area contributed by atoms with Crippen molar-refractivity contribution in [3.63, 3.8) is 0 Å². The normalized spacial score (nSPS) is 10.7. The third kappa shape index (κ3) is 1.91. The number of ether oxygens (including phenoxy) is 1. The van der Waals surface area contributed by atoms with Crippen LogP contribution in [0.3, 0.4) is 0 Å². The molecule has 4 nitrogen and oxygen atoms in total. The van der Waals surface area contributed by atoms with Gasteiger partial charge in [-0.1, -0.05) is 30.3 Å². The number of aromatic nitrogens is 1. The third-order valence-electron chi connectivity index (χ3n) is 3.28. The lowest BCUT2D eigenvalue weighted by atomic mass is 10.0. The maximum absolute atomic E-state index is 11.8. The number of aromatic hydroxyl groups is 1. The van der Waals surface area contributed by atoms with Crippen molar-refractivity contribution in [1.82, 2.24) is 4.98 Å². The number of nitrogens with one attached hydrogen (secondary N) is 1. The van der Waals surface area contributed by atoms with E-state index in [1.165, 1.54) is 0 Å². The number of benzene rings is 2. The van der Waals surface area contributed by atoms with Gasteiger partial charge < -0.3 is 14.8 Å². The Bertz CT molecular complexity index is 819. The fourth-order valence-electron chi connectivity index (χ4n) is 2.28. The van der Waals surface area contributed by atoms with Crippen molar-refractivity contribution in [1.29, 1.82) is 0 Å². The summed E-state index contributed by atoms with van der Waals surface area (Å²) >= 11 is 0. The zero-order valence-electron chi connectivity index (χ0n) is 10.9. The van der Waals surface area contributed by atoms with Gasteiger partial charge in [-0.15, -0.1) is 0 Å². The lowest BCUT2D eigenvalue weighted by Gasteiger charge is -2.09. The zero-order chi connectivity index (χ0) is 14.1. The maximum Gasteiger partial charge on any atom is 0.291 e. The lowest BCUT2D eigenvalue weighted by Crippen LogP contribution is -2.06. The van der Waals surface area contributed by atoms with Gasteiger partial charge in [0.15, 0.2) is 5.75 Å². The van der Waals surface area contributed by atoms with Crippen LogP contribution in [0, 0.1) is 0 Å². The van der Waals surface area contributed by atoms with E-state index in [4.69, 9.17) is 4.74 Å². The Morgan fingerprint density at radius 3 is 2.45 bits per heavy atom. The summed E-state index contributed by atoms with van der Waals surface area (Å²) in [5, 5.41) is 10.9. The van der Waals surface area contributed by atoms with Crippen LogP contribution in [0.5, 0.6) is 11.5 Å². The molecule has 0 aliphatic heterocycles. The number of aromatic amines is 1. The predicted octanol–water partition coefficient (Wildman–Crippen LogP) is 2.91. The van der Waals surface area contributed by atoms with Crippen molar-refractivity contribution < 1.29 is 9.84 Å². The number of para-hydroxylation sites is 1. The summed E-state index contributed by atoms with van der Waals surface area (Å²) in [5.41, 5.74) is 1.51. The van der Waals surface area contributed by atoms with Gasteiger partial charge in [-0.25, -0.2) is 0 Å². The molecule has 1 heterocycles. The highest BCUT2D eigenvalue weighted by atomic mass is 16.5. The highest BCUT2D eigenvalue weighted by molar-refractivity contribution is 5.97. The molecule has 0 saturated carbocycles. The summed E-state index contributed by atoms with van der Waals surface area (Å²) in [5.74, 6) is 0.455. The summed E-state index contributed by atoms with van der Waals surface area (Å²) in [4.78, 5) is 14.5. The van der Waals surface area contributed by atoms with E-state index in [0.29, 0.717) is 11.1 Å². The molecule has 0 saturated heterocycles. The van der Waals surface area contributed by atoms with Crippen LogP contribution in [0.15, 0.2) is 53.3 Å². The second-order valence-electron chi connectivity index (χ2n) is 4.45. The molecular weight excluding hydrogens is 254 g/mol. The number of hydrogen-bond donors (Lipinski definition) is 2. The van der Waals surface area contributed by atoms with Crippen LogP contribution in [0.25, 0.3) is 22.0 Å². The van der Waals surface area contributed by atoms with Crippen LogP contribution in [0.1, 0.15) is 0 Å². The molecule has 100 valence electrons. The number of H-pyrrole nitrogens is 1. The Labute approximate surface area is 115 Å². The first kappa shape index (κ1) is 12.3. The number of methoxy groups -OCH3 is 1. The Hall–Kier alpha value is -2.75. The molecular formula is C16H13NO3. The lowest BCUT2D eigenvalue weighted by molar-refractivity contribution is 0.415. The first-order chi connectivity index (χ1) is 9.70. The van der Waals surface area contributed by atoms with Crippen molar-refractivity contribution in [2.75, 3.05) is 7.11 Å². The highest BCUT2D eigenvalue weighted by Gasteiger charge is 2.13. The largest absolute Gasteiger partial charge is 0.503 e. The second kappa shape index (κ2) is 4.74. The molecule has 0 radical (unpaired) electrons. The fourth-order valence-corrected chi connectivity index (χ4v) is 2.28. The first-order valence-electron chi connectivity index (χ1n) is 6.19. The minimum Gasteiger partial charge on any atom is -0.503 e. The molecule has 0 atom stereocenters. The molecule has 2 N–H and O–H groups in total. The summed E-state index contributed by atoms with van der Waals surface area (Å²) in [6, 6.07) is 14.6. The summed E-state index contributed by atoms with van der Waals surface area (Å²) < 4.78 is 5.12. The van der Waals surface area contributed by atoms with Crippen molar-refractivity contribution >= 4 is 10.9 Å². The van der Waals surface area contributed by atoms with Gasteiger partial charge in [-0.05, 0) is 23.8 Å². The topological polar surface area (TPSA) is 62.3 Å². The standard InChI is InChI=1S/C16H13NO3/c1-20-11-8-6-10(7-9-11)14-12-4-2-3-5-13(12)17-16(19)15(14)18/h2-9,18H,1H3,(H,17,19). The van der Waals surface area contributed by atoms with Gasteiger partial charge >= 0.3 is 0 Å². The molecule has 0 unspecified atom stereocenters. The van der Waals surface area contributed by atoms with Crippen molar-refractivity contribution in [3.8, 4) is 22.6 Å². The van der Waals surface area contributed by atoms with Crippen molar-refractivity contribution in [2.45, 2.75) is 0 Å². The van der Waals surface area contributed by atoms with E-state index >= 15 is 0 Å². The van der Waals surface area contributed by atoms with Gasteiger partial charge in [-0.2, -0.15) is 0 Å². The van der Waals surface area contributed by atoms with Gasteiger partial charge in [0.2, 0.25) is 0 Å². The van der Waals surface area contributed by atoms with Gasteiger partial charge in [0.1, 0.15) is 5.75 Å². The van der Waals surface area contributed by atoms with Crippen molar-refractivity contribution in [3.05, 3.63) is 58.9 Å². The molecule has 20 heavy (non-hydrogen) atoms. The third-order valence-corrected chi connectivity index (χ3v) is 3.28. The highest BCUT2D eigenvalue weighted by Crippen LogP contribution is 2.33. The van der Waals surface area contributed by atoms with Crippen LogP contribution in [0.2, 0.25) is 0 Å². The molecule has 0 bridgehead atoms. The second-order valence-corrected chi connectivity index (χ2v) is 4.45. The average Bonchev–Trinajstić information content (AvgIpc) is 2.49. The quantitative estimate of drug-likeness (QED) is 0.750. The first-order valence-corrected chi connectivity index (χ1v) is 6.19. The van der Waals surface area contributed by atoms with E-state index in [2.05, 4.69) is 4.98 Å². The smallest absolute Gasteiger partial charge is 0.291 e. The number of fused-ring (bicyclic) bond motifs is 1. The number of hydrogen-bond acceptors (Lipinski definition) is 3. The molecule has 0 aliphatic rings. The van der Waals surface area contributed by atoms with E-state index in [-0.39, 0.29) is 5.75 Å². The summed E-state index contributed by atoms with van der Waals surface area (Å²) in [7, 11) is 1.59. The zero-order valence-corrected chi connectivity index (χ0v) is 10.9. The van der Waals surface area contributed by atoms with Gasteiger partial charge in [0, 0.05) is 16.5 Å². The monoisotopic (exact) mass is 267 g/mol. The minimum absolute atomic E-state index is 0.270. The molecule has 0 amide bonds. The molecule has 2 aromatic carbocycles. The Kier molecular flexibility index (Phi) is 2.91. The number of rotatable bonds is 2. The Balaban J connectivity index is 2.33. The van der Waals surface area contributed by atoms with Gasteiger partial charge in [0.25, 0.3) is 5.56 Å². The van der Waals surface area contributed by atoms with E-state index in [9.17, 15) is 9.90 Å². The Morgan fingerprint density at radius 1 is 1.05 bits per heavy atom. The molecule has 0 aliphatic carbocycles. The molecule has 0 fully saturated rings. The fraction of sp³-hybridized carbons (Fsp3) is 0.0625. The van der Waals surface area contributed by atoms with Crippen LogP contribution < -0.4 is 10.3 Å². The van der Waals surface area contributed by atoms with E-state index in [1.807, 2.05) is 36.4 Å². The minimum atomic E-state index is -0.491. The van der Waals surface area contributed by atoms with E-state index < -0.39 is 5.56 Å². The van der Waals surface area contributed by atoms with E-state index in [0.717, 1.165) is 16.7 Å². The summed E-state index contributed by atoms with van der Waals surface area (Å²) in [6.07, 6.45) is 0. The molecule has 3 aromatic rings. The molecule has 1 aromatic heterocycles. The molecule has 0 spiro atoms. The predicted molar refractivity (Wildman–Crippen MR) is 78.2 cm³/mol. The summed E-state index contributed by atoms with van der Waals surface area (Å²) in [6.45, 7) is 0. The van der Waals surface area contributed by atoms with Gasteiger partial charge in [0.05, 0.1) is 7.11 Å². The van der Waals surface area contributed by atoms with E-state index in [1.54, 1.807) is 19.2 Å². The Morgan fingerprint density at radius 2 is 1.75 bits per heavy atom. The van der Waals surface area contributed by atoms with Gasteiger partial charge in [-0.3, -0.25) is 4.79 Å². The van der Waals surface area contributed by atoms with Crippen molar-refractivity contribution in [2.24, 2.45) is 0 Å².